The zero-order valence-electron chi connectivity index (χ0n) is 21.2. The maximum atomic E-state index is 13.2. The van der Waals surface area contributed by atoms with Crippen LogP contribution in [0.2, 0.25) is 5.02 Å². The Kier molecular flexibility index (Phi) is 8.11. The van der Waals surface area contributed by atoms with Crippen molar-refractivity contribution in [2.75, 3.05) is 19.6 Å². The molecule has 2 aromatic carbocycles. The second kappa shape index (κ2) is 11.0. The molecule has 0 saturated carbocycles. The number of hydrogen-bond donors (Lipinski definition) is 2. The van der Waals surface area contributed by atoms with Crippen LogP contribution in [-0.4, -0.2) is 73.7 Å². The molecule has 3 amide bonds. The number of carbonyl (C=O) groups excluding carboxylic acids is 3. The van der Waals surface area contributed by atoms with Crippen LogP contribution in [0.15, 0.2) is 41.3 Å². The first-order valence-electron chi connectivity index (χ1n) is 12.6. The fourth-order valence-corrected chi connectivity index (χ4v) is 6.31. The van der Waals surface area contributed by atoms with Crippen LogP contribution in [0.3, 0.4) is 0 Å². The van der Waals surface area contributed by atoms with Gasteiger partial charge in [-0.25, -0.2) is 8.42 Å². The summed E-state index contributed by atoms with van der Waals surface area (Å²) < 4.78 is 28.6. The number of sulfonamides is 1. The van der Waals surface area contributed by atoms with Crippen molar-refractivity contribution in [3.63, 3.8) is 0 Å². The van der Waals surface area contributed by atoms with Crippen molar-refractivity contribution < 1.29 is 22.8 Å². The molecule has 200 valence electrons. The Morgan fingerprint density at radius 1 is 1.03 bits per heavy atom. The topological polar surface area (TPSA) is 116 Å². The van der Waals surface area contributed by atoms with E-state index in [1.54, 1.807) is 42.2 Å². The molecule has 2 aromatic rings. The predicted octanol–water partition coefficient (Wildman–Crippen LogP) is 2.52. The summed E-state index contributed by atoms with van der Waals surface area (Å²) in [6.07, 6.45) is 1.83. The molecule has 9 nitrogen and oxygen atoms in total. The van der Waals surface area contributed by atoms with Gasteiger partial charge >= 0.3 is 0 Å². The van der Waals surface area contributed by atoms with Crippen molar-refractivity contribution in [1.82, 2.24) is 19.8 Å². The maximum absolute atomic E-state index is 13.2. The molecular weight excluding hydrogens is 516 g/mol. The van der Waals surface area contributed by atoms with Gasteiger partial charge in [-0.1, -0.05) is 37.6 Å². The molecule has 0 aliphatic carbocycles. The average Bonchev–Trinajstić information content (AvgIpc) is 3.21. The molecule has 0 spiro atoms. The molecule has 0 radical (unpaired) electrons. The third-order valence-electron chi connectivity index (χ3n) is 7.05. The highest BCUT2D eigenvalue weighted by Gasteiger charge is 2.40. The van der Waals surface area contributed by atoms with Crippen LogP contribution in [0.1, 0.15) is 40.0 Å². The minimum Gasteiger partial charge on any atom is -0.351 e. The summed E-state index contributed by atoms with van der Waals surface area (Å²) in [7, 11) is -3.96. The summed E-state index contributed by atoms with van der Waals surface area (Å²) in [4.78, 5) is 41.6. The zero-order chi connectivity index (χ0) is 26.9. The molecule has 2 fully saturated rings. The van der Waals surface area contributed by atoms with Crippen molar-refractivity contribution in [3.05, 3.63) is 41.4 Å². The molecule has 2 N–H and O–H groups in total. The summed E-state index contributed by atoms with van der Waals surface area (Å²) in [5.74, 6) is -0.805. The van der Waals surface area contributed by atoms with Crippen molar-refractivity contribution in [1.29, 1.82) is 0 Å². The van der Waals surface area contributed by atoms with Gasteiger partial charge in [0.15, 0.2) is 0 Å². The highest BCUT2D eigenvalue weighted by Crippen LogP contribution is 2.24. The summed E-state index contributed by atoms with van der Waals surface area (Å²) in [5.41, 5.74) is 0. The van der Waals surface area contributed by atoms with Gasteiger partial charge in [-0.15, -0.1) is 0 Å². The molecule has 2 aliphatic heterocycles. The third-order valence-corrected chi connectivity index (χ3v) is 8.75. The Morgan fingerprint density at radius 3 is 2.46 bits per heavy atom. The quantitative estimate of drug-likeness (QED) is 0.551. The van der Waals surface area contributed by atoms with E-state index >= 15 is 0 Å². The molecule has 2 saturated heterocycles. The third kappa shape index (κ3) is 6.08. The maximum Gasteiger partial charge on any atom is 0.245 e. The lowest BCUT2D eigenvalue weighted by molar-refractivity contribution is -0.144. The standard InChI is InChI=1S/C26H33ClN4O5S/c1-16(2)24(32)28-21-5-4-11-30(15-21)25(33)17(3)31-12-10-23(26(31)34)29-37(35,36)22-9-7-18-13-20(27)8-6-19(18)14-22/h6-9,13-14,16-17,21,23,29H,4-5,10-12,15H2,1-3H3,(H,28,32)/t17-,21?,23-/m0/s1. The van der Waals surface area contributed by atoms with Gasteiger partial charge in [-0.2, -0.15) is 4.72 Å². The number of piperidine rings is 1. The highest BCUT2D eigenvalue weighted by molar-refractivity contribution is 7.89. The fourth-order valence-electron chi connectivity index (χ4n) is 4.87. The summed E-state index contributed by atoms with van der Waals surface area (Å²) in [6, 6.07) is 8.09. The second-order valence-electron chi connectivity index (χ2n) is 10.1. The largest absolute Gasteiger partial charge is 0.351 e. The SMILES string of the molecule is CC(C)C(=O)NC1CCCN(C(=O)[C@H](C)N2CC[C@H](NS(=O)(=O)c3ccc4cc(Cl)ccc4c3)C2=O)C1. The molecule has 11 heteroatoms. The van der Waals surface area contributed by atoms with E-state index in [4.69, 9.17) is 11.6 Å². The number of nitrogens with zero attached hydrogens (tertiary/aromatic N) is 2. The van der Waals surface area contributed by atoms with Crippen molar-refractivity contribution in [3.8, 4) is 0 Å². The summed E-state index contributed by atoms with van der Waals surface area (Å²) in [6.45, 7) is 6.54. The van der Waals surface area contributed by atoms with E-state index in [0.717, 1.165) is 23.6 Å². The smallest absolute Gasteiger partial charge is 0.245 e. The highest BCUT2D eigenvalue weighted by atomic mass is 35.5. The Labute approximate surface area is 222 Å². The van der Waals surface area contributed by atoms with Crippen LogP contribution in [0.5, 0.6) is 0 Å². The van der Waals surface area contributed by atoms with Gasteiger partial charge < -0.3 is 15.1 Å². The summed E-state index contributed by atoms with van der Waals surface area (Å²) in [5, 5.41) is 5.07. The molecule has 2 heterocycles. The first kappa shape index (κ1) is 27.3. The lowest BCUT2D eigenvalue weighted by atomic mass is 10.0. The van der Waals surface area contributed by atoms with Crippen LogP contribution >= 0.6 is 11.6 Å². The first-order chi connectivity index (χ1) is 17.5. The molecular formula is C26H33ClN4O5S. The van der Waals surface area contributed by atoms with E-state index in [9.17, 15) is 22.8 Å². The van der Waals surface area contributed by atoms with E-state index in [2.05, 4.69) is 10.0 Å². The minimum absolute atomic E-state index is 0.0487. The lowest BCUT2D eigenvalue weighted by Crippen LogP contribution is -2.55. The number of rotatable bonds is 7. The lowest BCUT2D eigenvalue weighted by Gasteiger charge is -2.36. The molecule has 1 unspecified atom stereocenters. The minimum atomic E-state index is -3.96. The monoisotopic (exact) mass is 548 g/mol. The number of nitrogens with one attached hydrogen (secondary N) is 2. The first-order valence-corrected chi connectivity index (χ1v) is 14.4. The van der Waals surface area contributed by atoms with Crippen LogP contribution in [0, 0.1) is 5.92 Å². The van der Waals surface area contributed by atoms with Crippen LogP contribution < -0.4 is 10.0 Å². The number of amides is 3. The van der Waals surface area contributed by atoms with E-state index < -0.39 is 28.0 Å². The molecule has 3 atom stereocenters. The number of likely N-dealkylation sites (tertiary alicyclic amines) is 2. The van der Waals surface area contributed by atoms with E-state index in [0.29, 0.717) is 18.1 Å². The Balaban J connectivity index is 1.39. The molecule has 0 bridgehead atoms. The van der Waals surface area contributed by atoms with Crippen LogP contribution in [0.4, 0.5) is 0 Å². The Hall–Kier alpha value is -2.69. The average molecular weight is 549 g/mol. The van der Waals surface area contributed by atoms with Crippen molar-refractivity contribution in [2.45, 2.75) is 63.1 Å². The van der Waals surface area contributed by atoms with Gasteiger partial charge in [0.05, 0.1) is 4.90 Å². The van der Waals surface area contributed by atoms with Gasteiger partial charge in [0.1, 0.15) is 12.1 Å². The zero-order valence-corrected chi connectivity index (χ0v) is 22.8. The van der Waals surface area contributed by atoms with E-state index in [1.807, 2.05) is 13.8 Å². The van der Waals surface area contributed by atoms with Gasteiger partial charge in [0.25, 0.3) is 0 Å². The normalized spacial score (nSPS) is 21.5. The fraction of sp³-hybridized carbons (Fsp3) is 0.500. The van der Waals surface area contributed by atoms with Gasteiger partial charge in [0, 0.05) is 36.6 Å². The van der Waals surface area contributed by atoms with Gasteiger partial charge in [-0.05, 0) is 61.2 Å². The molecule has 0 aromatic heterocycles. The Bertz CT molecular complexity index is 1320. The number of carbonyl (C=O) groups is 3. The Morgan fingerprint density at radius 2 is 1.73 bits per heavy atom. The summed E-state index contributed by atoms with van der Waals surface area (Å²) >= 11 is 6.01. The second-order valence-corrected chi connectivity index (χ2v) is 12.3. The molecule has 4 rings (SSSR count). The number of fused-ring (bicyclic) bond motifs is 1. The van der Waals surface area contributed by atoms with Gasteiger partial charge in [-0.3, -0.25) is 14.4 Å². The number of hydrogen-bond acceptors (Lipinski definition) is 5. The van der Waals surface area contributed by atoms with Crippen LogP contribution in [-0.2, 0) is 24.4 Å². The van der Waals surface area contributed by atoms with Gasteiger partial charge in [0.2, 0.25) is 27.7 Å². The molecule has 2 aliphatic rings. The van der Waals surface area contributed by atoms with E-state index in [-0.39, 0.29) is 41.6 Å². The van der Waals surface area contributed by atoms with Crippen molar-refractivity contribution >= 4 is 50.1 Å². The van der Waals surface area contributed by atoms with E-state index in [1.165, 1.54) is 11.0 Å². The molecule has 37 heavy (non-hydrogen) atoms. The predicted molar refractivity (Wildman–Crippen MR) is 141 cm³/mol. The number of halogens is 1. The van der Waals surface area contributed by atoms with Crippen molar-refractivity contribution in [2.24, 2.45) is 5.92 Å². The number of benzene rings is 2. The van der Waals surface area contributed by atoms with Crippen LogP contribution in [0.25, 0.3) is 10.8 Å².